The van der Waals surface area contributed by atoms with Gasteiger partial charge in [0.15, 0.2) is 0 Å². The molecule has 0 amide bonds. The third-order valence-corrected chi connectivity index (χ3v) is 5.98. The molecular weight excluding hydrogens is 394 g/mol. The molecular formula is C24H19N3O2S. The van der Waals surface area contributed by atoms with Crippen LogP contribution in [0.5, 0.6) is 5.75 Å². The first-order valence-corrected chi connectivity index (χ1v) is 10.3. The number of methoxy groups -OCH3 is 1. The van der Waals surface area contributed by atoms with Gasteiger partial charge in [-0.15, -0.1) is 11.3 Å². The average molecular weight is 414 g/mol. The number of rotatable bonds is 5. The van der Waals surface area contributed by atoms with Crippen LogP contribution < -0.4 is 10.3 Å². The lowest BCUT2D eigenvalue weighted by atomic mass is 10.0. The molecule has 0 aliphatic heterocycles. The molecule has 0 aliphatic carbocycles. The number of benzene rings is 2. The Kier molecular flexibility index (Phi) is 5.46. The average Bonchev–Trinajstić information content (AvgIpc) is 3.22. The van der Waals surface area contributed by atoms with E-state index in [1.165, 1.54) is 0 Å². The summed E-state index contributed by atoms with van der Waals surface area (Å²) in [7, 11) is 1.62. The number of hydrogen-bond acceptors (Lipinski definition) is 5. The van der Waals surface area contributed by atoms with Crippen molar-refractivity contribution in [2.75, 3.05) is 7.11 Å². The molecule has 0 atom stereocenters. The van der Waals surface area contributed by atoms with Crippen molar-refractivity contribution in [3.63, 3.8) is 0 Å². The molecule has 2 aromatic carbocycles. The number of aromatic nitrogens is 2. The van der Waals surface area contributed by atoms with Gasteiger partial charge in [0, 0.05) is 10.5 Å². The third-order valence-electron chi connectivity index (χ3n) is 4.81. The van der Waals surface area contributed by atoms with Gasteiger partial charge in [0.05, 0.1) is 24.1 Å². The molecule has 6 heteroatoms. The predicted octanol–water partition coefficient (Wildman–Crippen LogP) is 5.02. The lowest BCUT2D eigenvalue weighted by Crippen LogP contribution is -2.10. The first kappa shape index (κ1) is 19.6. The lowest BCUT2D eigenvalue weighted by Gasteiger charge is -2.09. The van der Waals surface area contributed by atoms with Gasteiger partial charge in [-0.05, 0) is 54.0 Å². The highest BCUT2D eigenvalue weighted by Crippen LogP contribution is 2.28. The predicted molar refractivity (Wildman–Crippen MR) is 121 cm³/mol. The smallest absolute Gasteiger partial charge is 0.259 e. The maximum Gasteiger partial charge on any atom is 0.259 e. The van der Waals surface area contributed by atoms with Crippen LogP contribution in [-0.2, 0) is 6.42 Å². The van der Waals surface area contributed by atoms with E-state index in [0.717, 1.165) is 38.6 Å². The van der Waals surface area contributed by atoms with Crippen molar-refractivity contribution < 1.29 is 4.74 Å². The number of fused-ring (bicyclic) bond motifs is 1. The molecule has 5 nitrogen and oxygen atoms in total. The van der Waals surface area contributed by atoms with Gasteiger partial charge >= 0.3 is 0 Å². The summed E-state index contributed by atoms with van der Waals surface area (Å²) in [6.45, 7) is 2.06. The van der Waals surface area contributed by atoms with Crippen LogP contribution in [0.25, 0.3) is 21.9 Å². The summed E-state index contributed by atoms with van der Waals surface area (Å²) in [6, 6.07) is 18.9. The maximum atomic E-state index is 12.7. The number of nitrogens with one attached hydrogen (secondary N) is 1. The minimum atomic E-state index is -0.148. The number of hydrogen-bond donors (Lipinski definition) is 1. The Hall–Kier alpha value is -3.69. The summed E-state index contributed by atoms with van der Waals surface area (Å²) in [6.07, 6.45) is 2.82. The highest BCUT2D eigenvalue weighted by Gasteiger charge is 2.13. The van der Waals surface area contributed by atoms with E-state index in [4.69, 9.17) is 15.0 Å². The molecule has 0 bridgehead atoms. The van der Waals surface area contributed by atoms with Gasteiger partial charge in [0.2, 0.25) is 0 Å². The first-order valence-electron chi connectivity index (χ1n) is 9.50. The Morgan fingerprint density at radius 2 is 1.93 bits per heavy atom. The van der Waals surface area contributed by atoms with E-state index in [1.807, 2.05) is 48.5 Å². The highest BCUT2D eigenvalue weighted by molar-refractivity contribution is 7.18. The summed E-state index contributed by atoms with van der Waals surface area (Å²) in [5, 5.41) is 9.66. The molecule has 1 N–H and O–H groups in total. The standard InChI is InChI=1S/C24H19N3O2S/c1-3-19-13-21-23(28)26-22(27-24(21)30-19)20(17-8-10-18(29-2)11-9-17)12-15-4-6-16(14-25)7-5-15/h4-13H,3H2,1-2H3,(H,26,27,28)/b20-12+. The fourth-order valence-corrected chi connectivity index (χ4v) is 4.13. The quantitative estimate of drug-likeness (QED) is 0.466. The SMILES string of the molecule is CCc1cc2c(=O)[nH]c(/C(=C/c3ccc(C#N)cc3)c3ccc(OC)cc3)nc2s1. The van der Waals surface area contributed by atoms with E-state index in [2.05, 4.69) is 18.0 Å². The van der Waals surface area contributed by atoms with Crippen LogP contribution >= 0.6 is 11.3 Å². The number of ether oxygens (including phenoxy) is 1. The van der Waals surface area contributed by atoms with Crippen molar-refractivity contribution in [1.82, 2.24) is 9.97 Å². The zero-order valence-corrected chi connectivity index (χ0v) is 17.4. The Bertz CT molecular complexity index is 1320. The van der Waals surface area contributed by atoms with Gasteiger partial charge in [-0.2, -0.15) is 5.26 Å². The summed E-state index contributed by atoms with van der Waals surface area (Å²) in [4.78, 5) is 22.3. The van der Waals surface area contributed by atoms with Gasteiger partial charge in [-0.3, -0.25) is 4.79 Å². The Balaban J connectivity index is 1.89. The molecule has 2 aromatic heterocycles. The van der Waals surface area contributed by atoms with E-state index < -0.39 is 0 Å². The van der Waals surface area contributed by atoms with Crippen molar-refractivity contribution in [2.45, 2.75) is 13.3 Å². The monoisotopic (exact) mass is 413 g/mol. The topological polar surface area (TPSA) is 78.8 Å². The molecule has 30 heavy (non-hydrogen) atoms. The van der Waals surface area contributed by atoms with Crippen LogP contribution in [0.1, 0.15) is 34.3 Å². The fraction of sp³-hybridized carbons (Fsp3) is 0.125. The second kappa shape index (κ2) is 8.36. The summed E-state index contributed by atoms with van der Waals surface area (Å²) >= 11 is 1.54. The van der Waals surface area contributed by atoms with Gasteiger partial charge in [0.1, 0.15) is 16.4 Å². The zero-order chi connectivity index (χ0) is 21.1. The van der Waals surface area contributed by atoms with E-state index in [9.17, 15) is 4.79 Å². The van der Waals surface area contributed by atoms with Crippen LogP contribution in [-0.4, -0.2) is 17.1 Å². The van der Waals surface area contributed by atoms with Crippen LogP contribution in [0, 0.1) is 11.3 Å². The lowest BCUT2D eigenvalue weighted by molar-refractivity contribution is 0.415. The van der Waals surface area contributed by atoms with Crippen molar-refractivity contribution >= 4 is 33.2 Å². The zero-order valence-electron chi connectivity index (χ0n) is 16.6. The van der Waals surface area contributed by atoms with Gasteiger partial charge in [0.25, 0.3) is 5.56 Å². The summed E-state index contributed by atoms with van der Waals surface area (Å²) < 4.78 is 5.27. The number of nitriles is 1. The molecule has 0 unspecified atom stereocenters. The van der Waals surface area contributed by atoms with Crippen molar-refractivity contribution in [2.24, 2.45) is 0 Å². The van der Waals surface area contributed by atoms with Crippen molar-refractivity contribution in [3.05, 3.63) is 92.3 Å². The maximum absolute atomic E-state index is 12.7. The van der Waals surface area contributed by atoms with Crippen molar-refractivity contribution in [1.29, 1.82) is 5.26 Å². The molecule has 0 aliphatic rings. The molecule has 0 spiro atoms. The minimum absolute atomic E-state index is 0.148. The normalized spacial score (nSPS) is 11.4. The minimum Gasteiger partial charge on any atom is -0.497 e. The highest BCUT2D eigenvalue weighted by atomic mass is 32.1. The Morgan fingerprint density at radius 1 is 1.20 bits per heavy atom. The fourth-order valence-electron chi connectivity index (χ4n) is 3.16. The third kappa shape index (κ3) is 3.88. The molecule has 2 heterocycles. The summed E-state index contributed by atoms with van der Waals surface area (Å²) in [5.74, 6) is 1.26. The van der Waals surface area contributed by atoms with Crippen LogP contribution in [0.2, 0.25) is 0 Å². The van der Waals surface area contributed by atoms with E-state index in [-0.39, 0.29) is 5.56 Å². The molecule has 4 aromatic rings. The number of thiophene rings is 1. The van der Waals surface area contributed by atoms with Crippen LogP contribution in [0.15, 0.2) is 59.4 Å². The van der Waals surface area contributed by atoms with Crippen molar-refractivity contribution in [3.8, 4) is 11.8 Å². The van der Waals surface area contributed by atoms with Gasteiger partial charge in [-0.25, -0.2) is 4.98 Å². The molecule has 0 saturated carbocycles. The Labute approximate surface area is 177 Å². The van der Waals surface area contributed by atoms with Crippen LogP contribution in [0.4, 0.5) is 0 Å². The molecule has 0 fully saturated rings. The molecule has 148 valence electrons. The second-order valence-electron chi connectivity index (χ2n) is 6.72. The van der Waals surface area contributed by atoms with Crippen LogP contribution in [0.3, 0.4) is 0 Å². The number of aryl methyl sites for hydroxylation is 1. The van der Waals surface area contributed by atoms with Gasteiger partial charge < -0.3 is 9.72 Å². The molecule has 0 saturated heterocycles. The van der Waals surface area contributed by atoms with E-state index >= 15 is 0 Å². The number of aromatic amines is 1. The number of H-pyrrole nitrogens is 1. The van der Waals surface area contributed by atoms with E-state index in [1.54, 1.807) is 30.6 Å². The number of nitrogens with zero attached hydrogens (tertiary/aromatic N) is 2. The Morgan fingerprint density at radius 3 is 2.57 bits per heavy atom. The first-order chi connectivity index (χ1) is 14.6. The second-order valence-corrected chi connectivity index (χ2v) is 7.84. The van der Waals surface area contributed by atoms with Gasteiger partial charge in [-0.1, -0.05) is 31.2 Å². The largest absolute Gasteiger partial charge is 0.497 e. The molecule has 0 radical (unpaired) electrons. The van der Waals surface area contributed by atoms with E-state index in [0.29, 0.717) is 16.8 Å². The summed E-state index contributed by atoms with van der Waals surface area (Å²) in [5.41, 5.74) is 3.03. The molecule has 4 rings (SSSR count).